The topological polar surface area (TPSA) is 26.3 Å². The standard InChI is InChI=1S/C12H22O2/c1-10(2)12(14-11(3)13)8-6-4-5-7-9-12/h10H,4-9H2,1-3H3. The Morgan fingerprint density at radius 3 is 2.00 bits per heavy atom. The van der Waals surface area contributed by atoms with Gasteiger partial charge in [0, 0.05) is 6.92 Å². The molecule has 1 aliphatic rings. The lowest BCUT2D eigenvalue weighted by Crippen LogP contribution is -2.39. The normalized spacial score (nSPS) is 21.7. The number of hydrogen-bond acceptors (Lipinski definition) is 2. The number of rotatable bonds is 2. The smallest absolute Gasteiger partial charge is 0.303 e. The molecule has 0 aromatic rings. The number of ether oxygens (including phenoxy) is 1. The number of carbonyl (C=O) groups excluding carboxylic acids is 1. The van der Waals surface area contributed by atoms with E-state index in [4.69, 9.17) is 4.74 Å². The maximum atomic E-state index is 11.1. The van der Waals surface area contributed by atoms with Gasteiger partial charge in [-0.2, -0.15) is 0 Å². The molecule has 0 unspecified atom stereocenters. The molecule has 0 amide bonds. The summed E-state index contributed by atoms with van der Waals surface area (Å²) in [5, 5.41) is 0. The number of esters is 1. The first-order valence-corrected chi connectivity index (χ1v) is 5.76. The van der Waals surface area contributed by atoms with Crippen molar-refractivity contribution in [2.45, 2.75) is 64.9 Å². The first-order valence-electron chi connectivity index (χ1n) is 5.76. The molecule has 0 spiro atoms. The minimum Gasteiger partial charge on any atom is -0.459 e. The van der Waals surface area contributed by atoms with E-state index in [1.54, 1.807) is 0 Å². The van der Waals surface area contributed by atoms with Gasteiger partial charge in [0.25, 0.3) is 0 Å². The lowest BCUT2D eigenvalue weighted by molar-refractivity contribution is -0.164. The molecule has 1 saturated carbocycles. The van der Waals surface area contributed by atoms with Gasteiger partial charge >= 0.3 is 5.97 Å². The van der Waals surface area contributed by atoms with Crippen LogP contribution >= 0.6 is 0 Å². The van der Waals surface area contributed by atoms with Gasteiger partial charge in [0.2, 0.25) is 0 Å². The highest BCUT2D eigenvalue weighted by Gasteiger charge is 2.37. The third-order valence-corrected chi connectivity index (χ3v) is 3.35. The third kappa shape index (κ3) is 2.73. The molecule has 82 valence electrons. The van der Waals surface area contributed by atoms with Gasteiger partial charge in [0.15, 0.2) is 0 Å². The van der Waals surface area contributed by atoms with E-state index in [0.717, 1.165) is 12.8 Å². The predicted octanol–water partition coefficient (Wildman–Crippen LogP) is 3.30. The summed E-state index contributed by atoms with van der Waals surface area (Å²) in [7, 11) is 0. The Kier molecular flexibility index (Phi) is 3.97. The first-order chi connectivity index (χ1) is 6.57. The molecular weight excluding hydrogens is 176 g/mol. The van der Waals surface area contributed by atoms with E-state index in [9.17, 15) is 4.79 Å². The van der Waals surface area contributed by atoms with Gasteiger partial charge < -0.3 is 4.74 Å². The maximum absolute atomic E-state index is 11.1. The highest BCUT2D eigenvalue weighted by molar-refractivity contribution is 5.66. The molecule has 0 aliphatic heterocycles. The molecule has 1 aliphatic carbocycles. The van der Waals surface area contributed by atoms with Crippen molar-refractivity contribution in [3.05, 3.63) is 0 Å². The summed E-state index contributed by atoms with van der Waals surface area (Å²) < 4.78 is 5.58. The number of hydrogen-bond donors (Lipinski definition) is 0. The maximum Gasteiger partial charge on any atom is 0.303 e. The van der Waals surface area contributed by atoms with Crippen LogP contribution in [0.3, 0.4) is 0 Å². The average Bonchev–Trinajstić information content (AvgIpc) is 2.29. The molecule has 1 fully saturated rings. The van der Waals surface area contributed by atoms with Crippen molar-refractivity contribution in [1.82, 2.24) is 0 Å². The van der Waals surface area contributed by atoms with Gasteiger partial charge in [0.1, 0.15) is 5.60 Å². The van der Waals surface area contributed by atoms with E-state index in [1.807, 2.05) is 0 Å². The zero-order valence-electron chi connectivity index (χ0n) is 9.64. The van der Waals surface area contributed by atoms with Crippen molar-refractivity contribution in [2.75, 3.05) is 0 Å². The SMILES string of the molecule is CC(=O)OC1(C(C)C)CCCCCC1. The van der Waals surface area contributed by atoms with E-state index in [2.05, 4.69) is 13.8 Å². The highest BCUT2D eigenvalue weighted by Crippen LogP contribution is 2.36. The summed E-state index contributed by atoms with van der Waals surface area (Å²) >= 11 is 0. The zero-order chi connectivity index (χ0) is 10.6. The van der Waals surface area contributed by atoms with Crippen molar-refractivity contribution in [2.24, 2.45) is 5.92 Å². The lowest BCUT2D eigenvalue weighted by Gasteiger charge is -2.36. The van der Waals surface area contributed by atoms with Gasteiger partial charge in [-0.05, 0) is 31.6 Å². The van der Waals surface area contributed by atoms with Gasteiger partial charge in [0.05, 0.1) is 0 Å². The van der Waals surface area contributed by atoms with Crippen molar-refractivity contribution in [3.63, 3.8) is 0 Å². The Bertz CT molecular complexity index is 188. The summed E-state index contributed by atoms with van der Waals surface area (Å²) in [5.41, 5.74) is -0.164. The van der Waals surface area contributed by atoms with Crippen molar-refractivity contribution in [1.29, 1.82) is 0 Å². The van der Waals surface area contributed by atoms with Gasteiger partial charge in [-0.1, -0.05) is 26.7 Å². The summed E-state index contributed by atoms with van der Waals surface area (Å²) in [5.74, 6) is 0.310. The van der Waals surface area contributed by atoms with E-state index in [-0.39, 0.29) is 11.6 Å². The molecular formula is C12H22O2. The fourth-order valence-electron chi connectivity index (χ4n) is 2.41. The molecule has 0 aromatic carbocycles. The van der Waals surface area contributed by atoms with Crippen LogP contribution in [-0.2, 0) is 9.53 Å². The Labute approximate surface area is 87.0 Å². The molecule has 2 nitrogen and oxygen atoms in total. The van der Waals surface area contributed by atoms with Gasteiger partial charge in [-0.15, -0.1) is 0 Å². The van der Waals surface area contributed by atoms with Crippen molar-refractivity contribution < 1.29 is 9.53 Å². The predicted molar refractivity (Wildman–Crippen MR) is 57.0 cm³/mol. The largest absolute Gasteiger partial charge is 0.459 e. The molecule has 14 heavy (non-hydrogen) atoms. The van der Waals surface area contributed by atoms with Gasteiger partial charge in [-0.3, -0.25) is 4.79 Å². The van der Waals surface area contributed by atoms with Gasteiger partial charge in [-0.25, -0.2) is 0 Å². The zero-order valence-corrected chi connectivity index (χ0v) is 9.64. The van der Waals surface area contributed by atoms with Crippen LogP contribution in [0.4, 0.5) is 0 Å². The Morgan fingerprint density at radius 1 is 1.14 bits per heavy atom. The number of carbonyl (C=O) groups is 1. The molecule has 0 saturated heterocycles. The average molecular weight is 198 g/mol. The molecule has 1 rings (SSSR count). The third-order valence-electron chi connectivity index (χ3n) is 3.35. The lowest BCUT2D eigenvalue weighted by atomic mass is 9.83. The van der Waals surface area contributed by atoms with E-state index in [0.29, 0.717) is 5.92 Å². The molecule has 0 bridgehead atoms. The van der Waals surface area contributed by atoms with Crippen molar-refractivity contribution >= 4 is 5.97 Å². The van der Waals surface area contributed by atoms with Crippen LogP contribution in [0.15, 0.2) is 0 Å². The van der Waals surface area contributed by atoms with E-state index >= 15 is 0 Å². The van der Waals surface area contributed by atoms with Crippen LogP contribution in [0.1, 0.15) is 59.3 Å². The summed E-state index contributed by atoms with van der Waals surface area (Å²) in [6, 6.07) is 0. The van der Waals surface area contributed by atoms with Crippen LogP contribution in [0.2, 0.25) is 0 Å². The Hall–Kier alpha value is -0.530. The first kappa shape index (κ1) is 11.5. The quantitative estimate of drug-likeness (QED) is 0.502. The van der Waals surface area contributed by atoms with Crippen LogP contribution in [0.5, 0.6) is 0 Å². The minimum absolute atomic E-state index is 0.124. The second kappa shape index (κ2) is 4.81. The highest BCUT2D eigenvalue weighted by atomic mass is 16.6. The summed E-state index contributed by atoms with van der Waals surface area (Å²) in [4.78, 5) is 11.1. The fourth-order valence-corrected chi connectivity index (χ4v) is 2.41. The minimum atomic E-state index is -0.164. The second-order valence-corrected chi connectivity index (χ2v) is 4.73. The van der Waals surface area contributed by atoms with Crippen LogP contribution < -0.4 is 0 Å². The fraction of sp³-hybridized carbons (Fsp3) is 0.917. The van der Waals surface area contributed by atoms with Crippen LogP contribution in [0, 0.1) is 5.92 Å². The second-order valence-electron chi connectivity index (χ2n) is 4.73. The molecule has 0 radical (unpaired) electrons. The summed E-state index contributed by atoms with van der Waals surface area (Å²) in [6.07, 6.45) is 7.07. The van der Waals surface area contributed by atoms with Crippen molar-refractivity contribution in [3.8, 4) is 0 Å². The van der Waals surface area contributed by atoms with Crippen LogP contribution in [-0.4, -0.2) is 11.6 Å². The Balaban J connectivity index is 2.72. The van der Waals surface area contributed by atoms with Crippen LogP contribution in [0.25, 0.3) is 0 Å². The summed E-state index contributed by atoms with van der Waals surface area (Å²) in [6.45, 7) is 5.84. The molecule has 0 aromatic heterocycles. The van der Waals surface area contributed by atoms with E-state index in [1.165, 1.54) is 32.6 Å². The van der Waals surface area contributed by atoms with E-state index < -0.39 is 0 Å². The molecule has 0 N–H and O–H groups in total. The Morgan fingerprint density at radius 2 is 1.64 bits per heavy atom. The molecule has 0 atom stereocenters. The monoisotopic (exact) mass is 198 g/mol. The molecule has 0 heterocycles. The molecule has 2 heteroatoms.